The van der Waals surface area contributed by atoms with Crippen molar-refractivity contribution >= 4 is 23.2 Å². The Kier molecular flexibility index (Phi) is 5.31. The molecule has 0 heterocycles. The Balaban J connectivity index is 1.95. The summed E-state index contributed by atoms with van der Waals surface area (Å²) < 4.78 is 5.48. The molecule has 98 valence electrons. The largest absolute Gasteiger partial charge is 0.488 e. The highest BCUT2D eigenvalue weighted by molar-refractivity contribution is 6.36. The maximum atomic E-state index is 5.76. The molecule has 19 heavy (non-hydrogen) atoms. The predicted molar refractivity (Wildman–Crippen MR) is 81.0 cm³/mol. The fraction of sp³-hybridized carbons (Fsp3) is 0.125. The van der Waals surface area contributed by atoms with Crippen LogP contribution in [0.5, 0.6) is 5.75 Å². The van der Waals surface area contributed by atoms with Crippen molar-refractivity contribution in [1.29, 1.82) is 0 Å². The zero-order valence-corrected chi connectivity index (χ0v) is 11.9. The Morgan fingerprint density at radius 3 is 2.21 bits per heavy atom. The second-order valence-corrected chi connectivity index (χ2v) is 4.85. The van der Waals surface area contributed by atoms with E-state index in [0.29, 0.717) is 11.6 Å². The van der Waals surface area contributed by atoms with Crippen LogP contribution >= 0.6 is 23.2 Å². The number of halogens is 2. The topological polar surface area (TPSA) is 9.23 Å². The first-order valence-electron chi connectivity index (χ1n) is 5.98. The molecule has 3 heteroatoms. The molecule has 0 N–H and O–H groups in total. The number of ether oxygens (including phenoxy) is 1. The van der Waals surface area contributed by atoms with E-state index in [1.54, 1.807) is 0 Å². The van der Waals surface area contributed by atoms with Gasteiger partial charge in [-0.05, 0) is 29.7 Å². The summed E-state index contributed by atoms with van der Waals surface area (Å²) in [7, 11) is 0. The molecule has 0 fully saturated rings. The molecule has 2 aromatic rings. The molecule has 0 saturated heterocycles. The first kappa shape index (κ1) is 14.0. The Morgan fingerprint density at radius 2 is 1.58 bits per heavy atom. The molecule has 0 aliphatic rings. The first-order valence-corrected chi connectivity index (χ1v) is 6.80. The summed E-state index contributed by atoms with van der Waals surface area (Å²) in [6, 6.07) is 18.4. The van der Waals surface area contributed by atoms with Crippen molar-refractivity contribution in [3.63, 3.8) is 0 Å². The molecule has 2 rings (SSSR count). The van der Waals surface area contributed by atoms with Crippen LogP contribution in [0.25, 0.3) is 0 Å². The molecular formula is C16H14Cl2O. The van der Waals surface area contributed by atoms with E-state index in [-0.39, 0.29) is 0 Å². The maximum absolute atomic E-state index is 5.76. The van der Waals surface area contributed by atoms with Gasteiger partial charge in [-0.3, -0.25) is 0 Å². The summed E-state index contributed by atoms with van der Waals surface area (Å²) in [4.78, 5) is 0. The van der Waals surface area contributed by atoms with Crippen LogP contribution in [0, 0.1) is 0 Å². The smallest absolute Gasteiger partial charge is 0.125 e. The van der Waals surface area contributed by atoms with Crippen LogP contribution in [0.1, 0.15) is 11.1 Å². The van der Waals surface area contributed by atoms with Crippen LogP contribution in [0.3, 0.4) is 0 Å². The highest BCUT2D eigenvalue weighted by atomic mass is 35.5. The molecule has 0 atom stereocenters. The van der Waals surface area contributed by atoms with Gasteiger partial charge in [0.2, 0.25) is 0 Å². The standard InChI is InChI=1S/C16H14Cl2O/c17-11-15(18)12-19-16-8-6-14(7-9-16)10-13-4-2-1-3-5-13/h1-9,11H,10,12H2. The molecule has 0 aliphatic heterocycles. The normalized spacial score (nSPS) is 11.4. The van der Waals surface area contributed by atoms with Gasteiger partial charge in [0.25, 0.3) is 0 Å². The molecule has 2 aromatic carbocycles. The van der Waals surface area contributed by atoms with E-state index in [4.69, 9.17) is 27.9 Å². The van der Waals surface area contributed by atoms with Gasteiger partial charge in [0, 0.05) is 5.54 Å². The van der Waals surface area contributed by atoms with Crippen LogP contribution in [0.15, 0.2) is 65.2 Å². The number of benzene rings is 2. The van der Waals surface area contributed by atoms with E-state index < -0.39 is 0 Å². The van der Waals surface area contributed by atoms with Gasteiger partial charge in [-0.2, -0.15) is 0 Å². The van der Waals surface area contributed by atoms with Gasteiger partial charge in [0.05, 0.1) is 5.03 Å². The summed E-state index contributed by atoms with van der Waals surface area (Å²) in [5.74, 6) is 0.786. The molecule has 0 amide bonds. The van der Waals surface area contributed by atoms with Crippen molar-refractivity contribution in [2.24, 2.45) is 0 Å². The van der Waals surface area contributed by atoms with Crippen LogP contribution in [-0.2, 0) is 6.42 Å². The molecule has 0 spiro atoms. The first-order chi connectivity index (χ1) is 9.28. The van der Waals surface area contributed by atoms with Gasteiger partial charge in [0.1, 0.15) is 12.4 Å². The predicted octanol–water partition coefficient (Wildman–Crippen LogP) is 4.98. The number of hydrogen-bond donors (Lipinski definition) is 0. The third-order valence-electron chi connectivity index (χ3n) is 2.67. The van der Waals surface area contributed by atoms with Gasteiger partial charge in [-0.15, -0.1) is 0 Å². The average Bonchev–Trinajstić information content (AvgIpc) is 2.47. The van der Waals surface area contributed by atoms with E-state index >= 15 is 0 Å². The Labute approximate surface area is 123 Å². The van der Waals surface area contributed by atoms with Crippen LogP contribution < -0.4 is 4.74 Å². The van der Waals surface area contributed by atoms with Crippen molar-refractivity contribution < 1.29 is 4.74 Å². The monoisotopic (exact) mass is 292 g/mol. The van der Waals surface area contributed by atoms with Crippen LogP contribution in [0.4, 0.5) is 0 Å². The molecule has 0 bridgehead atoms. The molecule has 0 unspecified atom stereocenters. The summed E-state index contributed by atoms with van der Waals surface area (Å²) in [6.07, 6.45) is 0.920. The average molecular weight is 293 g/mol. The lowest BCUT2D eigenvalue weighted by Gasteiger charge is -2.06. The van der Waals surface area contributed by atoms with Gasteiger partial charge < -0.3 is 4.74 Å². The summed E-state index contributed by atoms with van der Waals surface area (Å²) in [5.41, 5.74) is 3.85. The Morgan fingerprint density at radius 1 is 0.947 bits per heavy atom. The van der Waals surface area contributed by atoms with Crippen molar-refractivity contribution in [2.75, 3.05) is 6.61 Å². The third kappa shape index (κ3) is 4.62. The highest BCUT2D eigenvalue weighted by Gasteiger charge is 1.98. The van der Waals surface area contributed by atoms with Crippen molar-refractivity contribution in [3.05, 3.63) is 76.3 Å². The highest BCUT2D eigenvalue weighted by Crippen LogP contribution is 2.16. The quantitative estimate of drug-likeness (QED) is 0.755. The van der Waals surface area contributed by atoms with Gasteiger partial charge in [-0.1, -0.05) is 65.7 Å². The molecule has 0 aliphatic carbocycles. The van der Waals surface area contributed by atoms with Gasteiger partial charge in [0.15, 0.2) is 0 Å². The lowest BCUT2D eigenvalue weighted by Crippen LogP contribution is -1.97. The summed E-state index contributed by atoms with van der Waals surface area (Å²) in [5, 5.41) is 0.482. The maximum Gasteiger partial charge on any atom is 0.125 e. The van der Waals surface area contributed by atoms with Crippen molar-refractivity contribution in [2.45, 2.75) is 6.42 Å². The lowest BCUT2D eigenvalue weighted by atomic mass is 10.1. The fourth-order valence-electron chi connectivity index (χ4n) is 1.72. The zero-order chi connectivity index (χ0) is 13.5. The second-order valence-electron chi connectivity index (χ2n) is 4.15. The Bertz CT molecular complexity index is 532. The number of hydrogen-bond acceptors (Lipinski definition) is 1. The van der Waals surface area contributed by atoms with E-state index in [1.165, 1.54) is 16.7 Å². The molecular weight excluding hydrogens is 279 g/mol. The molecule has 0 saturated carbocycles. The minimum Gasteiger partial charge on any atom is -0.488 e. The van der Waals surface area contributed by atoms with E-state index in [2.05, 4.69) is 24.3 Å². The fourth-order valence-corrected chi connectivity index (χ4v) is 1.84. The summed E-state index contributed by atoms with van der Waals surface area (Å²) in [6.45, 7) is 0.295. The van der Waals surface area contributed by atoms with Gasteiger partial charge >= 0.3 is 0 Å². The SMILES string of the molecule is ClC=C(Cl)COc1ccc(Cc2ccccc2)cc1. The second kappa shape index (κ2) is 7.22. The van der Waals surface area contributed by atoms with Crippen molar-refractivity contribution in [3.8, 4) is 5.75 Å². The molecule has 1 nitrogen and oxygen atoms in total. The zero-order valence-electron chi connectivity index (χ0n) is 10.4. The van der Waals surface area contributed by atoms with Crippen LogP contribution in [0.2, 0.25) is 0 Å². The number of rotatable bonds is 5. The van der Waals surface area contributed by atoms with Crippen molar-refractivity contribution in [1.82, 2.24) is 0 Å². The lowest BCUT2D eigenvalue weighted by molar-refractivity contribution is 0.359. The molecule has 0 radical (unpaired) electrons. The molecule has 0 aromatic heterocycles. The van der Waals surface area contributed by atoms with E-state index in [9.17, 15) is 0 Å². The van der Waals surface area contributed by atoms with Crippen LogP contribution in [-0.4, -0.2) is 6.61 Å². The van der Waals surface area contributed by atoms with E-state index in [0.717, 1.165) is 12.2 Å². The minimum absolute atomic E-state index is 0.295. The minimum atomic E-state index is 0.295. The third-order valence-corrected chi connectivity index (χ3v) is 3.26. The van der Waals surface area contributed by atoms with E-state index in [1.807, 2.05) is 30.3 Å². The Hall–Kier alpha value is -1.44. The van der Waals surface area contributed by atoms with Gasteiger partial charge in [-0.25, -0.2) is 0 Å². The summed E-state index contributed by atoms with van der Waals surface area (Å²) >= 11 is 11.2.